The Morgan fingerprint density at radius 3 is 2.54 bits per heavy atom. The number of likely N-dealkylation sites (N-methyl/N-ethyl adjacent to an activating group) is 1. The van der Waals surface area contributed by atoms with E-state index >= 15 is 0 Å². The minimum Gasteiger partial charge on any atom is -0.489 e. The Bertz CT molecular complexity index is 662. The number of rotatable bonds is 6. The maximum atomic E-state index is 12.4. The number of carbonyl (C=O) groups is 1. The summed E-state index contributed by atoms with van der Waals surface area (Å²) in [5, 5.41) is 0.693. The molecular weight excluding hydrogens is 347 g/mol. The lowest BCUT2D eigenvalue weighted by Gasteiger charge is -2.23. The van der Waals surface area contributed by atoms with E-state index in [9.17, 15) is 4.79 Å². The molecule has 0 aliphatic carbocycles. The van der Waals surface area contributed by atoms with Gasteiger partial charge in [-0.2, -0.15) is 0 Å². The van der Waals surface area contributed by atoms with Crippen molar-refractivity contribution in [1.29, 1.82) is 0 Å². The van der Waals surface area contributed by atoms with Gasteiger partial charge in [0.15, 0.2) is 0 Å². The molecule has 0 saturated heterocycles. The molecule has 2 aromatic rings. The molecule has 0 aliphatic rings. The highest BCUT2D eigenvalue weighted by atomic mass is 35.5. The Hall–Kier alpha value is -1.75. The number of hydrogen-bond acceptors (Lipinski definition) is 3. The summed E-state index contributed by atoms with van der Waals surface area (Å²) in [4.78, 5) is 14.0. The van der Waals surface area contributed by atoms with E-state index in [1.54, 1.807) is 24.1 Å². The molecular formula is C18H22Cl2N2O2. The van der Waals surface area contributed by atoms with E-state index < -0.39 is 0 Å². The molecule has 0 saturated carbocycles. The van der Waals surface area contributed by atoms with Gasteiger partial charge in [-0.05, 0) is 42.8 Å². The van der Waals surface area contributed by atoms with Crippen LogP contribution in [0.15, 0.2) is 48.5 Å². The van der Waals surface area contributed by atoms with Crippen LogP contribution in [-0.4, -0.2) is 30.4 Å². The molecule has 4 nitrogen and oxygen atoms in total. The first-order valence-corrected chi connectivity index (χ1v) is 7.83. The Balaban J connectivity index is 0.00000288. The number of amides is 1. The van der Waals surface area contributed by atoms with Crippen molar-refractivity contribution in [1.82, 2.24) is 4.90 Å². The van der Waals surface area contributed by atoms with E-state index in [1.807, 2.05) is 43.3 Å². The molecule has 0 aliphatic heterocycles. The van der Waals surface area contributed by atoms with Crippen molar-refractivity contribution in [2.75, 3.05) is 13.6 Å². The number of nitrogens with two attached hydrogens (primary N) is 1. The predicted octanol–water partition coefficient (Wildman–Crippen LogP) is 3.76. The zero-order chi connectivity index (χ0) is 16.8. The first-order chi connectivity index (χ1) is 11.0. The fourth-order valence-electron chi connectivity index (χ4n) is 2.03. The van der Waals surface area contributed by atoms with E-state index in [4.69, 9.17) is 22.1 Å². The second-order valence-corrected chi connectivity index (χ2v) is 5.88. The van der Waals surface area contributed by atoms with Crippen molar-refractivity contribution in [2.24, 2.45) is 5.73 Å². The molecule has 0 spiro atoms. The second kappa shape index (κ2) is 9.52. The van der Waals surface area contributed by atoms with Crippen LogP contribution in [0.4, 0.5) is 0 Å². The van der Waals surface area contributed by atoms with Gasteiger partial charge < -0.3 is 15.4 Å². The summed E-state index contributed by atoms with van der Waals surface area (Å²) in [5.74, 6) is 0.583. The third-order valence-electron chi connectivity index (χ3n) is 3.72. The molecule has 0 radical (unpaired) electrons. The number of benzene rings is 2. The molecule has 2 rings (SSSR count). The molecule has 6 heteroatoms. The fourth-order valence-corrected chi connectivity index (χ4v) is 2.15. The molecule has 24 heavy (non-hydrogen) atoms. The van der Waals surface area contributed by atoms with Crippen molar-refractivity contribution < 1.29 is 9.53 Å². The Morgan fingerprint density at radius 2 is 1.92 bits per heavy atom. The van der Waals surface area contributed by atoms with E-state index in [-0.39, 0.29) is 24.4 Å². The van der Waals surface area contributed by atoms with Crippen molar-refractivity contribution in [3.05, 3.63) is 64.7 Å². The van der Waals surface area contributed by atoms with Gasteiger partial charge in [0.2, 0.25) is 0 Å². The lowest BCUT2D eigenvalue weighted by molar-refractivity contribution is 0.0748. The number of carbonyl (C=O) groups excluding carboxylic acids is 1. The molecule has 0 bridgehead atoms. The lowest BCUT2D eigenvalue weighted by Crippen LogP contribution is -2.39. The summed E-state index contributed by atoms with van der Waals surface area (Å²) >= 11 is 5.86. The van der Waals surface area contributed by atoms with Gasteiger partial charge in [-0.25, -0.2) is 0 Å². The highest BCUT2D eigenvalue weighted by molar-refractivity contribution is 6.30. The smallest absolute Gasteiger partial charge is 0.254 e. The minimum atomic E-state index is -0.0695. The first kappa shape index (κ1) is 20.3. The molecule has 2 aromatic carbocycles. The number of halogens is 2. The summed E-state index contributed by atoms with van der Waals surface area (Å²) < 4.78 is 5.75. The Labute approximate surface area is 154 Å². The van der Waals surface area contributed by atoms with Crippen LogP contribution in [0, 0.1) is 0 Å². The third-order valence-corrected chi connectivity index (χ3v) is 3.97. The SMILES string of the molecule is CC(CN)N(C)C(=O)c1cccc(OCc2ccc(Cl)cc2)c1.Cl. The maximum Gasteiger partial charge on any atom is 0.254 e. The van der Waals surface area contributed by atoms with E-state index in [0.717, 1.165) is 5.56 Å². The molecule has 1 atom stereocenters. The third kappa shape index (κ3) is 5.41. The van der Waals surface area contributed by atoms with Gasteiger partial charge in [0, 0.05) is 30.2 Å². The number of nitrogens with zero attached hydrogens (tertiary/aromatic N) is 1. The monoisotopic (exact) mass is 368 g/mol. The topological polar surface area (TPSA) is 55.6 Å². The van der Waals surface area contributed by atoms with E-state index in [2.05, 4.69) is 0 Å². The highest BCUT2D eigenvalue weighted by Crippen LogP contribution is 2.18. The number of ether oxygens (including phenoxy) is 1. The van der Waals surface area contributed by atoms with Crippen LogP contribution in [0.5, 0.6) is 5.75 Å². The van der Waals surface area contributed by atoms with Crippen LogP contribution < -0.4 is 10.5 Å². The molecule has 0 aromatic heterocycles. The summed E-state index contributed by atoms with van der Waals surface area (Å²) in [6.07, 6.45) is 0. The zero-order valence-corrected chi connectivity index (χ0v) is 15.3. The summed E-state index contributed by atoms with van der Waals surface area (Å²) in [6, 6.07) is 14.6. The van der Waals surface area contributed by atoms with Gasteiger partial charge >= 0.3 is 0 Å². The van der Waals surface area contributed by atoms with Gasteiger partial charge in [0.1, 0.15) is 12.4 Å². The maximum absolute atomic E-state index is 12.4. The average molecular weight is 369 g/mol. The van der Waals surface area contributed by atoms with Crippen LogP contribution in [0.3, 0.4) is 0 Å². The van der Waals surface area contributed by atoms with Crippen molar-refractivity contribution >= 4 is 29.9 Å². The summed E-state index contributed by atoms with van der Waals surface area (Å²) in [5.41, 5.74) is 7.21. The highest BCUT2D eigenvalue weighted by Gasteiger charge is 2.16. The minimum absolute atomic E-state index is 0. The van der Waals surface area contributed by atoms with Crippen LogP contribution in [0.25, 0.3) is 0 Å². The zero-order valence-electron chi connectivity index (χ0n) is 13.7. The van der Waals surface area contributed by atoms with Crippen LogP contribution in [0.2, 0.25) is 5.02 Å². The standard InChI is InChI=1S/C18H21ClN2O2.ClH/c1-13(11-20)21(2)18(22)15-4-3-5-17(10-15)23-12-14-6-8-16(19)9-7-14;/h3-10,13H,11-12,20H2,1-2H3;1H. The summed E-state index contributed by atoms with van der Waals surface area (Å²) in [6.45, 7) is 2.76. The average Bonchev–Trinajstić information content (AvgIpc) is 2.59. The molecule has 1 amide bonds. The molecule has 0 fully saturated rings. The lowest BCUT2D eigenvalue weighted by atomic mass is 10.1. The van der Waals surface area contributed by atoms with Crippen LogP contribution >= 0.6 is 24.0 Å². The predicted molar refractivity (Wildman–Crippen MR) is 100 cm³/mol. The van der Waals surface area contributed by atoms with E-state index in [1.165, 1.54) is 0 Å². The molecule has 1 unspecified atom stereocenters. The summed E-state index contributed by atoms with van der Waals surface area (Å²) in [7, 11) is 1.75. The van der Waals surface area contributed by atoms with Crippen LogP contribution in [-0.2, 0) is 6.61 Å². The van der Waals surface area contributed by atoms with Crippen LogP contribution in [0.1, 0.15) is 22.8 Å². The number of hydrogen-bond donors (Lipinski definition) is 1. The quantitative estimate of drug-likeness (QED) is 0.844. The normalized spacial score (nSPS) is 11.3. The van der Waals surface area contributed by atoms with Gasteiger partial charge in [-0.1, -0.05) is 29.8 Å². The molecule has 0 heterocycles. The van der Waals surface area contributed by atoms with Gasteiger partial charge in [0.25, 0.3) is 5.91 Å². The van der Waals surface area contributed by atoms with E-state index in [0.29, 0.717) is 29.5 Å². The molecule has 130 valence electrons. The van der Waals surface area contributed by atoms with Crippen molar-refractivity contribution in [2.45, 2.75) is 19.6 Å². The van der Waals surface area contributed by atoms with Gasteiger partial charge in [-0.3, -0.25) is 4.79 Å². The van der Waals surface area contributed by atoms with Crippen molar-refractivity contribution in [3.63, 3.8) is 0 Å². The first-order valence-electron chi connectivity index (χ1n) is 7.46. The largest absolute Gasteiger partial charge is 0.489 e. The second-order valence-electron chi connectivity index (χ2n) is 5.44. The Kier molecular flexibility index (Phi) is 8.05. The van der Waals surface area contributed by atoms with Crippen molar-refractivity contribution in [3.8, 4) is 5.75 Å². The van der Waals surface area contributed by atoms with Gasteiger partial charge in [0.05, 0.1) is 0 Å². The Morgan fingerprint density at radius 1 is 1.25 bits per heavy atom. The fraction of sp³-hybridized carbons (Fsp3) is 0.278. The van der Waals surface area contributed by atoms with Gasteiger partial charge in [-0.15, -0.1) is 12.4 Å². The molecule has 2 N–H and O–H groups in total.